The molecule has 0 aliphatic heterocycles. The Kier molecular flexibility index (Phi) is 9.05. The van der Waals surface area contributed by atoms with Gasteiger partial charge >= 0.3 is 0 Å². The number of hydrogen-bond donors (Lipinski definition) is 1. The Morgan fingerprint density at radius 2 is 1.78 bits per heavy atom. The fourth-order valence-corrected chi connectivity index (χ4v) is 2.56. The van der Waals surface area contributed by atoms with Crippen LogP contribution in [0.1, 0.15) is 44.1 Å². The zero-order chi connectivity index (χ0) is 13.1. The van der Waals surface area contributed by atoms with E-state index in [4.69, 9.17) is 0 Å². The first-order valence-corrected chi connectivity index (χ1v) is 8.48. The summed E-state index contributed by atoms with van der Waals surface area (Å²) in [5.74, 6) is 1.93. The van der Waals surface area contributed by atoms with Crippen molar-refractivity contribution in [2.45, 2.75) is 38.5 Å². The van der Waals surface area contributed by atoms with Crippen LogP contribution >= 0.6 is 11.8 Å². The summed E-state index contributed by atoms with van der Waals surface area (Å²) in [5.41, 5.74) is 1.44. The van der Waals surface area contributed by atoms with Gasteiger partial charge in [0, 0.05) is 6.54 Å². The zero-order valence-corrected chi connectivity index (χ0v) is 12.6. The van der Waals surface area contributed by atoms with Gasteiger partial charge in [-0.05, 0) is 42.9 Å². The van der Waals surface area contributed by atoms with Gasteiger partial charge in [0.15, 0.2) is 0 Å². The molecule has 1 N–H and O–H groups in total. The molecule has 0 bridgehead atoms. The predicted molar refractivity (Wildman–Crippen MR) is 84.6 cm³/mol. The molecule has 0 saturated heterocycles. The molecule has 0 spiro atoms. The molecule has 0 amide bonds. The average Bonchev–Trinajstić information content (AvgIpc) is 2.42. The van der Waals surface area contributed by atoms with Gasteiger partial charge in [-0.3, -0.25) is 0 Å². The van der Waals surface area contributed by atoms with Crippen LogP contribution in [-0.2, 0) is 0 Å². The van der Waals surface area contributed by atoms with E-state index in [0.717, 1.165) is 13.1 Å². The van der Waals surface area contributed by atoms with Crippen LogP contribution in [-0.4, -0.2) is 25.1 Å². The summed E-state index contributed by atoms with van der Waals surface area (Å²) in [6.45, 7) is 4.55. The number of hydrogen-bond acceptors (Lipinski definition) is 2. The summed E-state index contributed by atoms with van der Waals surface area (Å²) in [6.07, 6.45) is 7.63. The normalized spacial score (nSPS) is 12.6. The van der Waals surface area contributed by atoms with Crippen LogP contribution in [0.4, 0.5) is 0 Å². The fraction of sp³-hybridized carbons (Fsp3) is 0.625. The molecule has 1 nitrogen and oxygen atoms in total. The third-order valence-electron chi connectivity index (χ3n) is 3.27. The van der Waals surface area contributed by atoms with Crippen LogP contribution in [0.5, 0.6) is 0 Å². The maximum Gasteiger partial charge on any atom is 0.00174 e. The summed E-state index contributed by atoms with van der Waals surface area (Å²) in [5, 5.41) is 3.57. The number of thioether (sulfide) groups is 1. The molecule has 0 heterocycles. The van der Waals surface area contributed by atoms with Gasteiger partial charge in [-0.2, -0.15) is 11.8 Å². The summed E-state index contributed by atoms with van der Waals surface area (Å²) in [6, 6.07) is 10.8. The number of benzene rings is 1. The molecule has 1 atom stereocenters. The van der Waals surface area contributed by atoms with Crippen LogP contribution in [0.25, 0.3) is 0 Å². The van der Waals surface area contributed by atoms with E-state index in [2.05, 4.69) is 48.8 Å². The van der Waals surface area contributed by atoms with Crippen molar-refractivity contribution in [3.8, 4) is 0 Å². The van der Waals surface area contributed by atoms with Gasteiger partial charge in [0.25, 0.3) is 0 Å². The Hall–Kier alpha value is -0.470. The molecule has 0 radical (unpaired) electrons. The van der Waals surface area contributed by atoms with E-state index >= 15 is 0 Å². The van der Waals surface area contributed by atoms with Crippen molar-refractivity contribution in [1.82, 2.24) is 5.32 Å². The molecule has 1 aromatic rings. The average molecular weight is 265 g/mol. The first kappa shape index (κ1) is 15.6. The lowest BCUT2D eigenvalue weighted by atomic mass is 10.0. The van der Waals surface area contributed by atoms with E-state index in [-0.39, 0.29) is 0 Å². The highest BCUT2D eigenvalue weighted by atomic mass is 32.2. The van der Waals surface area contributed by atoms with Crippen LogP contribution in [0.2, 0.25) is 0 Å². The van der Waals surface area contributed by atoms with Crippen LogP contribution < -0.4 is 5.32 Å². The molecule has 0 aliphatic carbocycles. The molecule has 1 unspecified atom stereocenters. The maximum atomic E-state index is 3.57. The third-order valence-corrected chi connectivity index (χ3v) is 3.97. The summed E-state index contributed by atoms with van der Waals surface area (Å²) >= 11 is 1.96. The van der Waals surface area contributed by atoms with Gasteiger partial charge in [-0.15, -0.1) is 0 Å². The van der Waals surface area contributed by atoms with Gasteiger partial charge in [-0.1, -0.05) is 50.1 Å². The first-order chi connectivity index (χ1) is 8.84. The SMILES string of the molecule is CSCCCCCCNCC(C)c1ccccc1. The molecular formula is C16H27NS. The monoisotopic (exact) mass is 265 g/mol. The Balaban J connectivity index is 1.98. The second-order valence-corrected chi connectivity index (χ2v) is 5.91. The van der Waals surface area contributed by atoms with Crippen LogP contribution in [0.3, 0.4) is 0 Å². The minimum atomic E-state index is 0.614. The molecule has 0 aromatic heterocycles. The summed E-state index contributed by atoms with van der Waals surface area (Å²) in [7, 11) is 0. The third kappa shape index (κ3) is 7.07. The minimum absolute atomic E-state index is 0.614. The van der Waals surface area contributed by atoms with Crippen molar-refractivity contribution in [3.05, 3.63) is 35.9 Å². The largest absolute Gasteiger partial charge is 0.316 e. The number of nitrogens with one attached hydrogen (secondary N) is 1. The van der Waals surface area contributed by atoms with Crippen LogP contribution in [0.15, 0.2) is 30.3 Å². The van der Waals surface area contributed by atoms with Crippen molar-refractivity contribution in [2.75, 3.05) is 25.1 Å². The van der Waals surface area contributed by atoms with E-state index in [1.165, 1.54) is 37.0 Å². The molecule has 1 aromatic carbocycles. The molecular weight excluding hydrogens is 238 g/mol. The molecule has 1 rings (SSSR count). The number of rotatable bonds is 10. The Bertz CT molecular complexity index is 286. The van der Waals surface area contributed by atoms with Crippen molar-refractivity contribution in [3.63, 3.8) is 0 Å². The van der Waals surface area contributed by atoms with Crippen molar-refractivity contribution < 1.29 is 0 Å². The quantitative estimate of drug-likeness (QED) is 0.633. The lowest BCUT2D eigenvalue weighted by molar-refractivity contribution is 0.569. The summed E-state index contributed by atoms with van der Waals surface area (Å²) < 4.78 is 0. The fourth-order valence-electron chi connectivity index (χ4n) is 2.07. The molecule has 0 saturated carbocycles. The number of unbranched alkanes of at least 4 members (excludes halogenated alkanes) is 3. The highest BCUT2D eigenvalue weighted by Crippen LogP contribution is 2.13. The predicted octanol–water partition coefficient (Wildman–Crippen LogP) is 4.30. The second-order valence-electron chi connectivity index (χ2n) is 4.92. The van der Waals surface area contributed by atoms with Gasteiger partial charge in [-0.25, -0.2) is 0 Å². The van der Waals surface area contributed by atoms with Crippen molar-refractivity contribution >= 4 is 11.8 Å². The van der Waals surface area contributed by atoms with Gasteiger partial charge in [0.1, 0.15) is 0 Å². The lowest BCUT2D eigenvalue weighted by Gasteiger charge is -2.12. The second kappa shape index (κ2) is 10.5. The van der Waals surface area contributed by atoms with E-state index in [9.17, 15) is 0 Å². The van der Waals surface area contributed by atoms with E-state index in [0.29, 0.717) is 5.92 Å². The Morgan fingerprint density at radius 1 is 1.06 bits per heavy atom. The molecule has 18 heavy (non-hydrogen) atoms. The highest BCUT2D eigenvalue weighted by Gasteiger charge is 2.03. The minimum Gasteiger partial charge on any atom is -0.316 e. The van der Waals surface area contributed by atoms with Gasteiger partial charge < -0.3 is 5.32 Å². The van der Waals surface area contributed by atoms with E-state index in [1.807, 2.05) is 11.8 Å². The molecule has 2 heteroatoms. The maximum absolute atomic E-state index is 3.57. The lowest BCUT2D eigenvalue weighted by Crippen LogP contribution is -2.21. The molecule has 102 valence electrons. The van der Waals surface area contributed by atoms with Crippen molar-refractivity contribution in [1.29, 1.82) is 0 Å². The van der Waals surface area contributed by atoms with Crippen LogP contribution in [0, 0.1) is 0 Å². The van der Waals surface area contributed by atoms with Gasteiger partial charge in [0.05, 0.1) is 0 Å². The van der Waals surface area contributed by atoms with E-state index < -0.39 is 0 Å². The first-order valence-electron chi connectivity index (χ1n) is 7.09. The molecule has 0 fully saturated rings. The standard InChI is InChI=1S/C16H27NS/c1-15(16-10-6-5-7-11-16)14-17-12-8-3-4-9-13-18-2/h5-7,10-11,15,17H,3-4,8-9,12-14H2,1-2H3. The van der Waals surface area contributed by atoms with Gasteiger partial charge in [0.2, 0.25) is 0 Å². The topological polar surface area (TPSA) is 12.0 Å². The highest BCUT2D eigenvalue weighted by molar-refractivity contribution is 7.98. The van der Waals surface area contributed by atoms with E-state index in [1.54, 1.807) is 0 Å². The Labute approximate surface area is 117 Å². The Morgan fingerprint density at radius 3 is 2.50 bits per heavy atom. The smallest absolute Gasteiger partial charge is 0.00174 e. The zero-order valence-electron chi connectivity index (χ0n) is 11.8. The van der Waals surface area contributed by atoms with Crippen molar-refractivity contribution in [2.24, 2.45) is 0 Å². The summed E-state index contributed by atoms with van der Waals surface area (Å²) in [4.78, 5) is 0. The molecule has 0 aliphatic rings.